The second-order valence-electron chi connectivity index (χ2n) is 7.57. The molecular weight excluding hydrogens is 410 g/mol. The summed E-state index contributed by atoms with van der Waals surface area (Å²) in [6.07, 6.45) is 2.06. The Hall–Kier alpha value is -3.52. The second-order valence-corrected chi connectivity index (χ2v) is 8.52. The van der Waals surface area contributed by atoms with Gasteiger partial charge >= 0.3 is 0 Å². The van der Waals surface area contributed by atoms with Crippen molar-refractivity contribution in [2.75, 3.05) is 5.32 Å². The zero-order valence-corrected chi connectivity index (χ0v) is 18.1. The molecule has 2 N–H and O–H groups in total. The van der Waals surface area contributed by atoms with Crippen molar-refractivity contribution in [3.63, 3.8) is 0 Å². The average molecular weight is 434 g/mol. The van der Waals surface area contributed by atoms with Crippen LogP contribution in [0.4, 0.5) is 5.13 Å². The summed E-state index contributed by atoms with van der Waals surface area (Å²) >= 11 is 1.29. The fourth-order valence-corrected chi connectivity index (χ4v) is 4.01. The number of nitrogens with zero attached hydrogens (tertiary/aromatic N) is 3. The Balaban J connectivity index is 1.43. The number of carbonyl (C=O) groups excluding carboxylic acids is 2. The number of imidazole rings is 1. The summed E-state index contributed by atoms with van der Waals surface area (Å²) < 4.78 is 1.65. The van der Waals surface area contributed by atoms with Crippen molar-refractivity contribution in [1.82, 2.24) is 19.9 Å². The smallest absolute Gasteiger partial charge is 0.249 e. The van der Waals surface area contributed by atoms with Crippen molar-refractivity contribution >= 4 is 33.2 Å². The first-order valence-corrected chi connectivity index (χ1v) is 10.9. The molecule has 0 radical (unpaired) electrons. The lowest BCUT2D eigenvalue weighted by Gasteiger charge is -2.21. The van der Waals surface area contributed by atoms with Crippen LogP contribution >= 0.6 is 11.3 Å². The molecule has 0 fully saturated rings. The van der Waals surface area contributed by atoms with Crippen molar-refractivity contribution in [3.05, 3.63) is 72.4 Å². The van der Waals surface area contributed by atoms with Gasteiger partial charge in [-0.15, -0.1) is 5.10 Å². The average Bonchev–Trinajstić information content (AvgIpc) is 3.32. The molecule has 0 aliphatic carbocycles. The number of hydrogen-bond donors (Lipinski definition) is 2. The standard InChI is InChI=1S/C23H23N5O2S/c1-15(2)20(25-19(29)13-16-9-5-3-6-10-16)21(30)26-22-27-28-14-18(24-23(28)31-22)17-11-7-4-8-12-17/h3-12,14-15,20H,13H2,1-2H3,(H,25,29)(H,26,27,30). The molecule has 8 heteroatoms. The number of hydrogen-bond acceptors (Lipinski definition) is 5. The van der Waals surface area contributed by atoms with Crippen LogP contribution < -0.4 is 10.6 Å². The lowest BCUT2D eigenvalue weighted by Crippen LogP contribution is -2.47. The number of amides is 2. The lowest BCUT2D eigenvalue weighted by atomic mass is 10.0. The van der Waals surface area contributed by atoms with E-state index in [-0.39, 0.29) is 24.2 Å². The van der Waals surface area contributed by atoms with Gasteiger partial charge in [0.2, 0.25) is 21.9 Å². The van der Waals surface area contributed by atoms with E-state index in [4.69, 9.17) is 0 Å². The van der Waals surface area contributed by atoms with Crippen LogP contribution in [0.3, 0.4) is 0 Å². The van der Waals surface area contributed by atoms with E-state index in [2.05, 4.69) is 20.7 Å². The topological polar surface area (TPSA) is 88.4 Å². The highest BCUT2D eigenvalue weighted by Gasteiger charge is 2.25. The molecule has 0 saturated carbocycles. The maximum absolute atomic E-state index is 12.8. The maximum Gasteiger partial charge on any atom is 0.249 e. The number of nitrogens with one attached hydrogen (secondary N) is 2. The second kappa shape index (κ2) is 9.09. The molecule has 158 valence electrons. The zero-order valence-electron chi connectivity index (χ0n) is 17.3. The van der Waals surface area contributed by atoms with E-state index in [0.29, 0.717) is 10.1 Å². The van der Waals surface area contributed by atoms with Gasteiger partial charge in [0.05, 0.1) is 18.3 Å². The van der Waals surface area contributed by atoms with Crippen LogP contribution in [0.25, 0.3) is 16.2 Å². The molecule has 0 spiro atoms. The fraction of sp³-hybridized carbons (Fsp3) is 0.217. The van der Waals surface area contributed by atoms with Crippen molar-refractivity contribution < 1.29 is 9.59 Å². The van der Waals surface area contributed by atoms with Crippen molar-refractivity contribution in [1.29, 1.82) is 0 Å². The lowest BCUT2D eigenvalue weighted by molar-refractivity contribution is -0.127. The Morgan fingerprint density at radius 1 is 1.03 bits per heavy atom. The van der Waals surface area contributed by atoms with Gasteiger partial charge in [-0.3, -0.25) is 14.9 Å². The van der Waals surface area contributed by atoms with E-state index in [1.807, 2.05) is 80.7 Å². The third-order valence-corrected chi connectivity index (χ3v) is 5.65. The van der Waals surface area contributed by atoms with E-state index < -0.39 is 6.04 Å². The zero-order chi connectivity index (χ0) is 21.8. The summed E-state index contributed by atoms with van der Waals surface area (Å²) in [6, 6.07) is 18.6. The van der Waals surface area contributed by atoms with Gasteiger partial charge < -0.3 is 5.32 Å². The molecule has 2 aromatic carbocycles. The number of aromatic nitrogens is 3. The van der Waals surface area contributed by atoms with E-state index in [1.165, 1.54) is 11.3 Å². The first-order chi connectivity index (χ1) is 15.0. The summed E-state index contributed by atoms with van der Waals surface area (Å²) in [5.41, 5.74) is 2.73. The van der Waals surface area contributed by atoms with Gasteiger partial charge in [0.1, 0.15) is 6.04 Å². The van der Waals surface area contributed by atoms with Crippen LogP contribution in [0.1, 0.15) is 19.4 Å². The van der Waals surface area contributed by atoms with E-state index in [9.17, 15) is 9.59 Å². The Kier molecular flexibility index (Phi) is 6.08. The Morgan fingerprint density at radius 3 is 2.35 bits per heavy atom. The van der Waals surface area contributed by atoms with Gasteiger partial charge in [-0.05, 0) is 11.5 Å². The summed E-state index contributed by atoms with van der Waals surface area (Å²) in [5, 5.41) is 10.5. The summed E-state index contributed by atoms with van der Waals surface area (Å²) in [4.78, 5) is 30.5. The molecule has 0 bridgehead atoms. The van der Waals surface area contributed by atoms with Gasteiger partial charge in [-0.25, -0.2) is 9.50 Å². The number of carbonyl (C=O) groups is 2. The molecule has 2 amide bonds. The molecule has 0 aliphatic rings. The molecule has 0 saturated heterocycles. The normalized spacial score (nSPS) is 12.1. The third kappa shape index (κ3) is 4.97. The Labute approximate surface area is 184 Å². The van der Waals surface area contributed by atoms with Crippen LogP contribution in [0.2, 0.25) is 0 Å². The molecular formula is C23H23N5O2S. The van der Waals surface area contributed by atoms with Crippen LogP contribution in [-0.4, -0.2) is 32.5 Å². The largest absolute Gasteiger partial charge is 0.344 e. The van der Waals surface area contributed by atoms with Crippen LogP contribution in [-0.2, 0) is 16.0 Å². The SMILES string of the molecule is CC(C)C(NC(=O)Cc1ccccc1)C(=O)Nc1nn2cc(-c3ccccc3)nc2s1. The fourth-order valence-electron chi connectivity index (χ4n) is 3.22. The highest BCUT2D eigenvalue weighted by atomic mass is 32.1. The van der Waals surface area contributed by atoms with Gasteiger partial charge in [-0.2, -0.15) is 0 Å². The molecule has 1 atom stereocenters. The van der Waals surface area contributed by atoms with Crippen molar-refractivity contribution in [3.8, 4) is 11.3 Å². The van der Waals surface area contributed by atoms with Crippen molar-refractivity contribution in [2.45, 2.75) is 26.3 Å². The molecule has 7 nitrogen and oxygen atoms in total. The number of rotatable bonds is 7. The van der Waals surface area contributed by atoms with Gasteiger partial charge in [0.15, 0.2) is 0 Å². The summed E-state index contributed by atoms with van der Waals surface area (Å²) in [6.45, 7) is 3.79. The number of benzene rings is 2. The minimum absolute atomic E-state index is 0.0755. The number of anilines is 1. The summed E-state index contributed by atoms with van der Waals surface area (Å²) in [5.74, 6) is -0.563. The highest BCUT2D eigenvalue weighted by molar-refractivity contribution is 7.20. The molecule has 2 aromatic heterocycles. The quantitative estimate of drug-likeness (QED) is 0.464. The van der Waals surface area contributed by atoms with E-state index in [1.54, 1.807) is 4.52 Å². The minimum atomic E-state index is -0.660. The van der Waals surface area contributed by atoms with E-state index in [0.717, 1.165) is 16.8 Å². The molecule has 1 unspecified atom stereocenters. The molecule has 0 aliphatic heterocycles. The van der Waals surface area contributed by atoms with Gasteiger partial charge in [0.25, 0.3) is 0 Å². The highest BCUT2D eigenvalue weighted by Crippen LogP contribution is 2.24. The van der Waals surface area contributed by atoms with Gasteiger partial charge in [-0.1, -0.05) is 85.8 Å². The first kappa shape index (κ1) is 20.7. The van der Waals surface area contributed by atoms with Crippen LogP contribution in [0, 0.1) is 5.92 Å². The number of fused-ring (bicyclic) bond motifs is 1. The van der Waals surface area contributed by atoms with Gasteiger partial charge in [0, 0.05) is 5.56 Å². The first-order valence-electron chi connectivity index (χ1n) is 10.1. The molecule has 4 rings (SSSR count). The van der Waals surface area contributed by atoms with E-state index >= 15 is 0 Å². The predicted molar refractivity (Wildman–Crippen MR) is 122 cm³/mol. The molecule has 2 heterocycles. The maximum atomic E-state index is 12.8. The minimum Gasteiger partial charge on any atom is -0.344 e. The van der Waals surface area contributed by atoms with Crippen molar-refractivity contribution in [2.24, 2.45) is 5.92 Å². The third-order valence-electron chi connectivity index (χ3n) is 4.82. The van der Waals surface area contributed by atoms with Crippen LogP contribution in [0.15, 0.2) is 66.9 Å². The monoisotopic (exact) mass is 433 g/mol. The molecule has 31 heavy (non-hydrogen) atoms. The predicted octanol–water partition coefficient (Wildman–Crippen LogP) is 3.78. The van der Waals surface area contributed by atoms with Crippen LogP contribution in [0.5, 0.6) is 0 Å². The molecule has 4 aromatic rings. The Morgan fingerprint density at radius 2 is 1.71 bits per heavy atom. The summed E-state index contributed by atoms with van der Waals surface area (Å²) in [7, 11) is 0. The Bertz CT molecular complexity index is 1150.